The Kier molecular flexibility index (Phi) is 5.24. The second-order valence-electron chi connectivity index (χ2n) is 5.82. The number of nitrogens with zero attached hydrogens (tertiary/aromatic N) is 3. The number of aromatic nitrogens is 3. The average molecular weight is 304 g/mol. The number of aryl methyl sites for hydroxylation is 1. The highest BCUT2D eigenvalue weighted by Crippen LogP contribution is 2.40. The second kappa shape index (κ2) is 6.77. The van der Waals surface area contributed by atoms with Gasteiger partial charge in [-0.05, 0) is 38.1 Å². The predicted molar refractivity (Wildman–Crippen MR) is 73.7 cm³/mol. The molecular formula is C14H23F3N4. The highest BCUT2D eigenvalue weighted by atomic mass is 19.4. The summed E-state index contributed by atoms with van der Waals surface area (Å²) in [6.07, 6.45) is -0.0734. The fourth-order valence-corrected chi connectivity index (χ4v) is 3.22. The first kappa shape index (κ1) is 16.3. The molecule has 21 heavy (non-hydrogen) atoms. The van der Waals surface area contributed by atoms with E-state index in [1.54, 1.807) is 4.68 Å². The van der Waals surface area contributed by atoms with Crippen LogP contribution in [0.2, 0.25) is 0 Å². The van der Waals surface area contributed by atoms with E-state index in [9.17, 15) is 13.2 Å². The molecule has 0 bridgehead atoms. The number of likely N-dealkylation sites (N-methyl/N-ethyl adjacent to an activating group) is 1. The number of nitrogens with one attached hydrogen (secondary N) is 1. The van der Waals surface area contributed by atoms with Gasteiger partial charge in [-0.2, -0.15) is 18.3 Å². The van der Waals surface area contributed by atoms with Gasteiger partial charge in [0.05, 0.1) is 5.92 Å². The van der Waals surface area contributed by atoms with Crippen molar-refractivity contribution in [1.82, 2.24) is 20.1 Å². The summed E-state index contributed by atoms with van der Waals surface area (Å²) in [6.45, 7) is 2.83. The molecule has 0 amide bonds. The van der Waals surface area contributed by atoms with Gasteiger partial charge in [0.15, 0.2) is 0 Å². The second-order valence-corrected chi connectivity index (χ2v) is 5.82. The standard InChI is InChI=1S/C14H23F3N4/c1-3-18-12(8-13-19-9-20-21(13)2)10-4-6-11(7-5-10)14(15,16)17/h9-12,18H,3-8H2,1-2H3. The first-order valence-corrected chi connectivity index (χ1v) is 7.54. The molecule has 0 aliphatic heterocycles. The first-order chi connectivity index (χ1) is 9.91. The largest absolute Gasteiger partial charge is 0.391 e. The Labute approximate surface area is 123 Å². The Morgan fingerprint density at radius 3 is 2.48 bits per heavy atom. The van der Waals surface area contributed by atoms with E-state index >= 15 is 0 Å². The van der Waals surface area contributed by atoms with Crippen molar-refractivity contribution in [3.63, 3.8) is 0 Å². The van der Waals surface area contributed by atoms with Crippen LogP contribution >= 0.6 is 0 Å². The van der Waals surface area contributed by atoms with Crippen LogP contribution in [-0.4, -0.2) is 33.5 Å². The molecule has 1 atom stereocenters. The summed E-state index contributed by atoms with van der Waals surface area (Å²) in [7, 11) is 1.84. The summed E-state index contributed by atoms with van der Waals surface area (Å²) in [5.74, 6) is 0.0324. The maximum Gasteiger partial charge on any atom is 0.391 e. The van der Waals surface area contributed by atoms with Crippen LogP contribution in [0.15, 0.2) is 6.33 Å². The van der Waals surface area contributed by atoms with Crippen molar-refractivity contribution in [3.8, 4) is 0 Å². The van der Waals surface area contributed by atoms with E-state index in [0.717, 1.165) is 12.4 Å². The number of hydrogen-bond donors (Lipinski definition) is 1. The highest BCUT2D eigenvalue weighted by Gasteiger charge is 2.42. The molecule has 1 saturated carbocycles. The lowest BCUT2D eigenvalue weighted by Crippen LogP contribution is -2.41. The fraction of sp³-hybridized carbons (Fsp3) is 0.857. The molecule has 1 aromatic rings. The quantitative estimate of drug-likeness (QED) is 0.909. The maximum absolute atomic E-state index is 12.7. The van der Waals surface area contributed by atoms with Crippen LogP contribution in [0.3, 0.4) is 0 Å². The van der Waals surface area contributed by atoms with Gasteiger partial charge >= 0.3 is 6.18 Å². The van der Waals surface area contributed by atoms with Gasteiger partial charge in [0.25, 0.3) is 0 Å². The number of rotatable bonds is 5. The zero-order valence-corrected chi connectivity index (χ0v) is 12.5. The molecule has 1 unspecified atom stereocenters. The summed E-state index contributed by atoms with van der Waals surface area (Å²) in [6, 6.07) is 0.173. The van der Waals surface area contributed by atoms with Gasteiger partial charge in [-0.15, -0.1) is 0 Å². The van der Waals surface area contributed by atoms with Crippen molar-refractivity contribution < 1.29 is 13.2 Å². The molecule has 1 aromatic heterocycles. The predicted octanol–water partition coefficient (Wildman–Crippen LogP) is 2.70. The Morgan fingerprint density at radius 2 is 2.00 bits per heavy atom. The third-order valence-electron chi connectivity index (χ3n) is 4.48. The van der Waals surface area contributed by atoms with Crippen LogP contribution in [0, 0.1) is 11.8 Å². The zero-order chi connectivity index (χ0) is 15.5. The molecule has 1 N–H and O–H groups in total. The zero-order valence-electron chi connectivity index (χ0n) is 12.5. The van der Waals surface area contributed by atoms with Gasteiger partial charge in [0.2, 0.25) is 0 Å². The van der Waals surface area contributed by atoms with Gasteiger partial charge in [0, 0.05) is 19.5 Å². The number of hydrogen-bond acceptors (Lipinski definition) is 3. The Hall–Kier alpha value is -1.11. The molecule has 1 aliphatic rings. The lowest BCUT2D eigenvalue weighted by molar-refractivity contribution is -0.184. The molecule has 120 valence electrons. The van der Waals surface area contributed by atoms with Gasteiger partial charge < -0.3 is 5.32 Å². The molecule has 1 heterocycles. The molecule has 0 saturated heterocycles. The Balaban J connectivity index is 1.95. The molecule has 2 rings (SSSR count). The molecule has 0 radical (unpaired) electrons. The van der Waals surface area contributed by atoms with Crippen LogP contribution in [0.25, 0.3) is 0 Å². The molecule has 7 heteroatoms. The van der Waals surface area contributed by atoms with Gasteiger partial charge in [-0.3, -0.25) is 4.68 Å². The van der Waals surface area contributed by atoms with Crippen molar-refractivity contribution >= 4 is 0 Å². The molecular weight excluding hydrogens is 281 g/mol. The summed E-state index contributed by atoms with van der Waals surface area (Å²) < 4.78 is 39.9. The maximum atomic E-state index is 12.7. The van der Waals surface area contributed by atoms with E-state index < -0.39 is 12.1 Å². The molecule has 0 spiro atoms. The van der Waals surface area contributed by atoms with Crippen molar-refractivity contribution in [1.29, 1.82) is 0 Å². The fourth-order valence-electron chi connectivity index (χ4n) is 3.22. The first-order valence-electron chi connectivity index (χ1n) is 7.54. The van der Waals surface area contributed by atoms with Gasteiger partial charge in [-0.25, -0.2) is 4.98 Å². The smallest absolute Gasteiger partial charge is 0.314 e. The van der Waals surface area contributed by atoms with Crippen molar-refractivity contribution in [3.05, 3.63) is 12.2 Å². The molecule has 4 nitrogen and oxygen atoms in total. The van der Waals surface area contributed by atoms with Crippen LogP contribution in [-0.2, 0) is 13.5 Å². The molecule has 1 fully saturated rings. The molecule has 0 aromatic carbocycles. The third-order valence-corrected chi connectivity index (χ3v) is 4.48. The lowest BCUT2D eigenvalue weighted by Gasteiger charge is -2.34. The SMILES string of the molecule is CCNC(Cc1ncnn1C)C1CCC(C(F)(F)F)CC1. The lowest BCUT2D eigenvalue weighted by atomic mass is 9.77. The van der Waals surface area contributed by atoms with Crippen LogP contribution in [0.1, 0.15) is 38.4 Å². The van der Waals surface area contributed by atoms with E-state index in [-0.39, 0.29) is 24.8 Å². The average Bonchev–Trinajstić information content (AvgIpc) is 2.83. The van der Waals surface area contributed by atoms with E-state index in [1.165, 1.54) is 6.33 Å². The minimum Gasteiger partial charge on any atom is -0.314 e. The summed E-state index contributed by atoms with van der Waals surface area (Å²) in [5, 5.41) is 7.46. The summed E-state index contributed by atoms with van der Waals surface area (Å²) >= 11 is 0. The minimum atomic E-state index is -4.04. The third kappa shape index (κ3) is 4.18. The minimum absolute atomic E-state index is 0.173. The monoisotopic (exact) mass is 304 g/mol. The normalized spacial score (nSPS) is 25.0. The number of alkyl halides is 3. The Bertz CT molecular complexity index is 436. The van der Waals surface area contributed by atoms with E-state index in [1.807, 2.05) is 14.0 Å². The van der Waals surface area contributed by atoms with Gasteiger partial charge in [-0.1, -0.05) is 6.92 Å². The summed E-state index contributed by atoms with van der Waals surface area (Å²) in [5.41, 5.74) is 0. The van der Waals surface area contributed by atoms with Crippen molar-refractivity contribution in [2.24, 2.45) is 18.9 Å². The number of halogens is 3. The van der Waals surface area contributed by atoms with E-state index in [0.29, 0.717) is 19.3 Å². The van der Waals surface area contributed by atoms with Gasteiger partial charge in [0.1, 0.15) is 12.2 Å². The molecule has 1 aliphatic carbocycles. The Morgan fingerprint density at radius 1 is 1.33 bits per heavy atom. The van der Waals surface area contributed by atoms with E-state index in [4.69, 9.17) is 0 Å². The van der Waals surface area contributed by atoms with Crippen molar-refractivity contribution in [2.45, 2.75) is 51.2 Å². The summed E-state index contributed by atoms with van der Waals surface area (Å²) in [4.78, 5) is 4.22. The topological polar surface area (TPSA) is 42.7 Å². The van der Waals surface area contributed by atoms with Crippen LogP contribution < -0.4 is 5.32 Å². The van der Waals surface area contributed by atoms with Crippen LogP contribution in [0.4, 0.5) is 13.2 Å². The highest BCUT2D eigenvalue weighted by molar-refractivity contribution is 4.93. The van der Waals surface area contributed by atoms with Crippen LogP contribution in [0.5, 0.6) is 0 Å². The van der Waals surface area contributed by atoms with E-state index in [2.05, 4.69) is 15.4 Å². The van der Waals surface area contributed by atoms with Crippen molar-refractivity contribution in [2.75, 3.05) is 6.54 Å².